The van der Waals surface area contributed by atoms with Gasteiger partial charge in [-0.05, 0) is 23.8 Å². The van der Waals surface area contributed by atoms with Gasteiger partial charge in [0.25, 0.3) is 11.5 Å². The molecule has 3 heterocycles. The molecule has 32 heavy (non-hydrogen) atoms. The van der Waals surface area contributed by atoms with Crippen LogP contribution in [0.25, 0.3) is 0 Å². The molecule has 3 aromatic rings. The number of furan rings is 1. The van der Waals surface area contributed by atoms with Crippen LogP contribution >= 0.6 is 0 Å². The summed E-state index contributed by atoms with van der Waals surface area (Å²) in [5.74, 6) is 0.610. The van der Waals surface area contributed by atoms with Crippen LogP contribution in [0.1, 0.15) is 21.9 Å². The predicted octanol–water partition coefficient (Wildman–Crippen LogP) is 1.56. The number of rotatable bonds is 7. The van der Waals surface area contributed by atoms with Crippen LogP contribution in [0.15, 0.2) is 76.1 Å². The van der Waals surface area contributed by atoms with Gasteiger partial charge in [0.15, 0.2) is 5.76 Å². The third-order valence-corrected chi connectivity index (χ3v) is 5.46. The Morgan fingerprint density at radius 2 is 1.66 bits per heavy atom. The van der Waals surface area contributed by atoms with E-state index in [0.717, 1.165) is 5.56 Å². The number of amides is 2. The molecule has 166 valence electrons. The van der Waals surface area contributed by atoms with Gasteiger partial charge in [0.05, 0.1) is 13.1 Å². The first-order chi connectivity index (χ1) is 15.6. The maximum absolute atomic E-state index is 12.8. The van der Waals surface area contributed by atoms with Gasteiger partial charge in [-0.2, -0.15) is 0 Å². The molecule has 0 saturated carbocycles. The fourth-order valence-electron chi connectivity index (χ4n) is 3.66. The molecule has 2 amide bonds. The summed E-state index contributed by atoms with van der Waals surface area (Å²) in [6.07, 6.45) is 1.68. The Morgan fingerprint density at radius 1 is 0.906 bits per heavy atom. The number of hydrogen-bond donors (Lipinski definition) is 1. The number of benzene rings is 1. The summed E-state index contributed by atoms with van der Waals surface area (Å²) in [7, 11) is 0. The van der Waals surface area contributed by atoms with E-state index in [4.69, 9.17) is 4.42 Å². The van der Waals surface area contributed by atoms with Gasteiger partial charge in [0, 0.05) is 45.0 Å². The molecular formula is C24H26N4O4. The van der Waals surface area contributed by atoms with Gasteiger partial charge in [-0.1, -0.05) is 36.4 Å². The molecule has 0 atom stereocenters. The van der Waals surface area contributed by atoms with Crippen LogP contribution in [0, 0.1) is 0 Å². The Kier molecular flexibility index (Phi) is 6.81. The molecule has 8 nitrogen and oxygen atoms in total. The molecule has 1 fully saturated rings. The van der Waals surface area contributed by atoms with Crippen molar-refractivity contribution >= 4 is 11.8 Å². The van der Waals surface area contributed by atoms with Crippen LogP contribution in [0.5, 0.6) is 0 Å². The minimum atomic E-state index is -0.176. The number of hydrogen-bond acceptors (Lipinski definition) is 5. The van der Waals surface area contributed by atoms with Crippen molar-refractivity contribution in [3.8, 4) is 0 Å². The van der Waals surface area contributed by atoms with E-state index in [0.29, 0.717) is 45.0 Å². The molecular weight excluding hydrogens is 408 g/mol. The van der Waals surface area contributed by atoms with Crippen LogP contribution in [-0.4, -0.2) is 58.9 Å². The van der Waals surface area contributed by atoms with Crippen molar-refractivity contribution < 1.29 is 14.0 Å². The Morgan fingerprint density at radius 3 is 2.41 bits per heavy atom. The van der Waals surface area contributed by atoms with Crippen LogP contribution in [0.2, 0.25) is 0 Å². The van der Waals surface area contributed by atoms with Gasteiger partial charge in [0.1, 0.15) is 5.76 Å². The second kappa shape index (κ2) is 10.1. The lowest BCUT2D eigenvalue weighted by molar-refractivity contribution is -0.122. The predicted molar refractivity (Wildman–Crippen MR) is 119 cm³/mol. The molecule has 1 N–H and O–H groups in total. The quantitative estimate of drug-likeness (QED) is 0.610. The zero-order valence-electron chi connectivity index (χ0n) is 17.8. The van der Waals surface area contributed by atoms with Crippen molar-refractivity contribution in [3.05, 3.63) is 94.3 Å². The largest absolute Gasteiger partial charge is 0.454 e. The van der Waals surface area contributed by atoms with Crippen molar-refractivity contribution in [2.45, 2.75) is 13.1 Å². The van der Waals surface area contributed by atoms with E-state index in [9.17, 15) is 14.4 Å². The first kappa shape index (κ1) is 21.6. The SMILES string of the molecule is O=C(CN1CCN(C(=O)c2ccc(Cn3ccccc3=O)o2)CC1)NCc1ccccc1. The molecule has 1 aliphatic rings. The molecule has 0 radical (unpaired) electrons. The molecule has 0 spiro atoms. The fourth-order valence-corrected chi connectivity index (χ4v) is 3.66. The van der Waals surface area contributed by atoms with Gasteiger partial charge in [-0.3, -0.25) is 19.3 Å². The molecule has 4 rings (SSSR count). The lowest BCUT2D eigenvalue weighted by Crippen LogP contribution is -2.51. The fraction of sp³-hybridized carbons (Fsp3) is 0.292. The minimum absolute atomic E-state index is 0.0274. The Bertz CT molecular complexity index is 1110. The first-order valence-corrected chi connectivity index (χ1v) is 10.6. The minimum Gasteiger partial charge on any atom is -0.454 e. The van der Waals surface area contributed by atoms with Gasteiger partial charge in [-0.25, -0.2) is 0 Å². The molecule has 0 unspecified atom stereocenters. The summed E-state index contributed by atoms with van der Waals surface area (Å²) in [6.45, 7) is 3.39. The van der Waals surface area contributed by atoms with E-state index >= 15 is 0 Å². The lowest BCUT2D eigenvalue weighted by atomic mass is 10.2. The summed E-state index contributed by atoms with van der Waals surface area (Å²) < 4.78 is 7.22. The number of carbonyl (C=O) groups excluding carboxylic acids is 2. The topological polar surface area (TPSA) is 87.8 Å². The van der Waals surface area contributed by atoms with Gasteiger partial charge >= 0.3 is 0 Å². The zero-order valence-corrected chi connectivity index (χ0v) is 17.8. The zero-order chi connectivity index (χ0) is 22.3. The van der Waals surface area contributed by atoms with E-state index in [1.165, 1.54) is 10.6 Å². The Labute approximate surface area is 186 Å². The van der Waals surface area contributed by atoms with Gasteiger partial charge < -0.3 is 19.2 Å². The average Bonchev–Trinajstić information content (AvgIpc) is 3.28. The molecule has 1 saturated heterocycles. The average molecular weight is 434 g/mol. The number of carbonyl (C=O) groups is 2. The monoisotopic (exact) mass is 434 g/mol. The van der Waals surface area contributed by atoms with E-state index in [1.54, 1.807) is 35.4 Å². The highest BCUT2D eigenvalue weighted by molar-refractivity contribution is 5.91. The Balaban J connectivity index is 1.24. The summed E-state index contributed by atoms with van der Waals surface area (Å²) >= 11 is 0. The second-order valence-electron chi connectivity index (χ2n) is 7.76. The summed E-state index contributed by atoms with van der Waals surface area (Å²) in [6, 6.07) is 18.1. The van der Waals surface area contributed by atoms with Crippen molar-refractivity contribution in [3.63, 3.8) is 0 Å². The number of piperazine rings is 1. The molecule has 1 aliphatic heterocycles. The third kappa shape index (κ3) is 5.53. The molecule has 8 heteroatoms. The highest BCUT2D eigenvalue weighted by atomic mass is 16.4. The van der Waals surface area contributed by atoms with Gasteiger partial charge in [0.2, 0.25) is 5.91 Å². The smallest absolute Gasteiger partial charge is 0.289 e. The van der Waals surface area contributed by atoms with Crippen molar-refractivity contribution in [2.24, 2.45) is 0 Å². The van der Waals surface area contributed by atoms with Crippen molar-refractivity contribution in [1.29, 1.82) is 0 Å². The highest BCUT2D eigenvalue weighted by Gasteiger charge is 2.25. The van der Waals surface area contributed by atoms with Crippen LogP contribution in [-0.2, 0) is 17.9 Å². The molecule has 0 aliphatic carbocycles. The highest BCUT2D eigenvalue weighted by Crippen LogP contribution is 2.13. The summed E-state index contributed by atoms with van der Waals surface area (Å²) in [5.41, 5.74) is 0.937. The van der Waals surface area contributed by atoms with E-state index < -0.39 is 0 Å². The van der Waals surface area contributed by atoms with Crippen LogP contribution in [0.4, 0.5) is 0 Å². The Hall–Kier alpha value is -3.65. The van der Waals surface area contributed by atoms with Crippen molar-refractivity contribution in [2.75, 3.05) is 32.7 Å². The summed E-state index contributed by atoms with van der Waals surface area (Å²) in [4.78, 5) is 40.6. The van der Waals surface area contributed by atoms with Gasteiger partial charge in [-0.15, -0.1) is 0 Å². The van der Waals surface area contributed by atoms with Crippen LogP contribution in [0.3, 0.4) is 0 Å². The number of pyridine rings is 1. The normalized spacial score (nSPS) is 14.3. The van der Waals surface area contributed by atoms with Crippen molar-refractivity contribution in [1.82, 2.24) is 19.7 Å². The van der Waals surface area contributed by atoms with E-state index in [-0.39, 0.29) is 29.7 Å². The third-order valence-electron chi connectivity index (χ3n) is 5.46. The maximum atomic E-state index is 12.8. The standard InChI is InChI=1S/C24H26N4O4/c29-22(25-16-19-6-2-1-3-7-19)18-26-12-14-27(15-13-26)24(31)21-10-9-20(32-21)17-28-11-5-4-8-23(28)30/h1-11H,12-18H2,(H,25,29). The lowest BCUT2D eigenvalue weighted by Gasteiger charge is -2.33. The first-order valence-electron chi connectivity index (χ1n) is 10.6. The number of nitrogens with one attached hydrogen (secondary N) is 1. The maximum Gasteiger partial charge on any atom is 0.289 e. The molecule has 1 aromatic carbocycles. The molecule has 0 bridgehead atoms. The van der Waals surface area contributed by atoms with E-state index in [2.05, 4.69) is 5.32 Å². The van der Waals surface area contributed by atoms with Crippen LogP contribution < -0.4 is 10.9 Å². The second-order valence-corrected chi connectivity index (χ2v) is 7.76. The summed E-state index contributed by atoms with van der Waals surface area (Å²) in [5, 5.41) is 2.93. The number of nitrogens with zero attached hydrogens (tertiary/aromatic N) is 3. The molecule has 2 aromatic heterocycles. The number of aromatic nitrogens is 1. The van der Waals surface area contributed by atoms with E-state index in [1.807, 2.05) is 35.2 Å².